The van der Waals surface area contributed by atoms with Gasteiger partial charge < -0.3 is 4.74 Å². The first-order valence-corrected chi connectivity index (χ1v) is 9.44. The van der Waals surface area contributed by atoms with Crippen molar-refractivity contribution in [3.63, 3.8) is 0 Å². The van der Waals surface area contributed by atoms with E-state index in [1.165, 1.54) is 10.5 Å². The Morgan fingerprint density at radius 3 is 2.41 bits per heavy atom. The molecule has 2 aliphatic heterocycles. The fourth-order valence-electron chi connectivity index (χ4n) is 4.12. The molecule has 2 aromatic rings. The van der Waals surface area contributed by atoms with Gasteiger partial charge in [-0.3, -0.25) is 9.69 Å². The quantitative estimate of drug-likeness (QED) is 0.833. The molecule has 140 valence electrons. The molecule has 4 rings (SSSR count). The average Bonchev–Trinajstić information content (AvgIpc) is 3.25. The minimum absolute atomic E-state index is 0.116. The summed E-state index contributed by atoms with van der Waals surface area (Å²) in [6.07, 6.45) is -0.525. The molecule has 2 saturated heterocycles. The van der Waals surface area contributed by atoms with Crippen LogP contribution < -0.4 is 0 Å². The van der Waals surface area contributed by atoms with E-state index >= 15 is 0 Å². The van der Waals surface area contributed by atoms with Crippen LogP contribution in [-0.2, 0) is 16.1 Å². The summed E-state index contributed by atoms with van der Waals surface area (Å²) < 4.78 is 5.22. The fourth-order valence-corrected chi connectivity index (χ4v) is 4.12. The van der Waals surface area contributed by atoms with Crippen LogP contribution in [0.1, 0.15) is 24.1 Å². The molecule has 0 bridgehead atoms. The third-order valence-corrected chi connectivity index (χ3v) is 5.55. The van der Waals surface area contributed by atoms with E-state index in [4.69, 9.17) is 4.74 Å². The van der Waals surface area contributed by atoms with Gasteiger partial charge in [0.25, 0.3) is 0 Å². The minimum atomic E-state index is -0.525. The van der Waals surface area contributed by atoms with Gasteiger partial charge in [-0.2, -0.15) is 0 Å². The molecule has 0 N–H and O–H groups in total. The molecule has 0 unspecified atom stereocenters. The van der Waals surface area contributed by atoms with E-state index in [0.29, 0.717) is 6.54 Å². The number of rotatable bonds is 4. The summed E-state index contributed by atoms with van der Waals surface area (Å²) in [6.45, 7) is 4.65. The molecule has 27 heavy (non-hydrogen) atoms. The van der Waals surface area contributed by atoms with Crippen molar-refractivity contribution >= 4 is 12.0 Å². The first-order chi connectivity index (χ1) is 13.1. The number of amides is 2. The van der Waals surface area contributed by atoms with Gasteiger partial charge >= 0.3 is 6.09 Å². The zero-order valence-electron chi connectivity index (χ0n) is 15.5. The van der Waals surface area contributed by atoms with Crippen LogP contribution in [0.25, 0.3) is 0 Å². The lowest BCUT2D eigenvalue weighted by Crippen LogP contribution is -2.41. The maximum atomic E-state index is 13.2. The molecule has 2 fully saturated rings. The van der Waals surface area contributed by atoms with Crippen LogP contribution in [0.4, 0.5) is 4.79 Å². The Labute approximate surface area is 159 Å². The molecule has 2 amide bonds. The zero-order chi connectivity index (χ0) is 18.8. The number of carbonyl (C=O) groups is 2. The van der Waals surface area contributed by atoms with Gasteiger partial charge in [-0.05, 0) is 17.0 Å². The monoisotopic (exact) mass is 364 g/mol. The Morgan fingerprint density at radius 1 is 1.04 bits per heavy atom. The van der Waals surface area contributed by atoms with Gasteiger partial charge in [0.05, 0.1) is 5.92 Å². The smallest absolute Gasteiger partial charge is 0.417 e. The number of imide groups is 1. The first kappa shape index (κ1) is 17.7. The maximum absolute atomic E-state index is 13.2. The van der Waals surface area contributed by atoms with Crippen molar-refractivity contribution in [1.82, 2.24) is 9.80 Å². The molecule has 2 aromatic carbocycles. The standard InChI is InChI=1S/C22H24N2O3/c1-16-12-23(13-17-8-4-2-5-9-17)14-19(16)21(25)24-20(15-27-22(24)26)18-10-6-3-7-11-18/h2-11,16,19-20H,12-15H2,1H3/t16-,19-,20+/m0/s1. The third kappa shape index (κ3) is 3.60. The number of likely N-dealkylation sites (tertiary alicyclic amines) is 1. The predicted octanol–water partition coefficient (Wildman–Crippen LogP) is 3.47. The zero-order valence-corrected chi connectivity index (χ0v) is 15.5. The van der Waals surface area contributed by atoms with Crippen molar-refractivity contribution in [2.75, 3.05) is 19.7 Å². The summed E-state index contributed by atoms with van der Waals surface area (Å²) in [4.78, 5) is 29.2. The van der Waals surface area contributed by atoms with Crippen molar-refractivity contribution in [2.45, 2.75) is 19.5 Å². The van der Waals surface area contributed by atoms with E-state index in [1.54, 1.807) is 0 Å². The Morgan fingerprint density at radius 2 is 1.70 bits per heavy atom. The van der Waals surface area contributed by atoms with Gasteiger partial charge in [-0.25, -0.2) is 9.69 Å². The molecule has 0 radical (unpaired) electrons. The van der Waals surface area contributed by atoms with Gasteiger partial charge in [-0.15, -0.1) is 0 Å². The number of cyclic esters (lactones) is 1. The van der Waals surface area contributed by atoms with Gasteiger partial charge in [-0.1, -0.05) is 67.6 Å². The number of carbonyl (C=O) groups excluding carboxylic acids is 2. The van der Waals surface area contributed by atoms with E-state index in [0.717, 1.165) is 18.7 Å². The lowest BCUT2D eigenvalue weighted by molar-refractivity contribution is -0.134. The summed E-state index contributed by atoms with van der Waals surface area (Å²) in [5.41, 5.74) is 2.17. The van der Waals surface area contributed by atoms with Gasteiger partial charge in [0, 0.05) is 19.6 Å². The largest absolute Gasteiger partial charge is 0.446 e. The van der Waals surface area contributed by atoms with E-state index < -0.39 is 6.09 Å². The minimum Gasteiger partial charge on any atom is -0.446 e. The molecule has 3 atom stereocenters. The second-order valence-electron chi connectivity index (χ2n) is 7.48. The maximum Gasteiger partial charge on any atom is 0.417 e. The second kappa shape index (κ2) is 7.53. The highest BCUT2D eigenvalue weighted by Crippen LogP contribution is 2.33. The normalized spacial score (nSPS) is 25.6. The van der Waals surface area contributed by atoms with Crippen molar-refractivity contribution < 1.29 is 14.3 Å². The van der Waals surface area contributed by atoms with Crippen molar-refractivity contribution in [3.8, 4) is 0 Å². The number of hydrogen-bond acceptors (Lipinski definition) is 4. The summed E-state index contributed by atoms with van der Waals surface area (Å²) in [5, 5.41) is 0. The highest BCUT2D eigenvalue weighted by Gasteiger charge is 2.45. The van der Waals surface area contributed by atoms with Gasteiger partial charge in [0.2, 0.25) is 5.91 Å². The molecule has 0 spiro atoms. The van der Waals surface area contributed by atoms with Crippen LogP contribution in [0.3, 0.4) is 0 Å². The highest BCUT2D eigenvalue weighted by molar-refractivity contribution is 5.95. The predicted molar refractivity (Wildman–Crippen MR) is 102 cm³/mol. The number of nitrogens with zero attached hydrogens (tertiary/aromatic N) is 2. The Bertz CT molecular complexity index is 809. The van der Waals surface area contributed by atoms with E-state index in [-0.39, 0.29) is 30.4 Å². The summed E-state index contributed by atoms with van der Waals surface area (Å²) >= 11 is 0. The summed E-state index contributed by atoms with van der Waals surface area (Å²) in [5.74, 6) is -0.106. The van der Waals surface area contributed by atoms with Crippen LogP contribution in [0.2, 0.25) is 0 Å². The number of ether oxygens (including phenoxy) is 1. The van der Waals surface area contributed by atoms with E-state index in [1.807, 2.05) is 48.5 Å². The van der Waals surface area contributed by atoms with Gasteiger partial charge in [0.15, 0.2) is 0 Å². The molecule has 2 aliphatic rings. The Balaban J connectivity index is 1.49. The van der Waals surface area contributed by atoms with Crippen LogP contribution in [0.5, 0.6) is 0 Å². The van der Waals surface area contributed by atoms with E-state index in [2.05, 4.69) is 24.0 Å². The van der Waals surface area contributed by atoms with Crippen molar-refractivity contribution in [3.05, 3.63) is 71.8 Å². The lowest BCUT2D eigenvalue weighted by atomic mass is 9.95. The molecule has 0 saturated carbocycles. The Kier molecular flexibility index (Phi) is 4.94. The molecule has 5 nitrogen and oxygen atoms in total. The van der Waals surface area contributed by atoms with Crippen LogP contribution >= 0.6 is 0 Å². The summed E-state index contributed by atoms with van der Waals surface area (Å²) in [6, 6.07) is 19.6. The molecular formula is C22H24N2O3. The molecule has 2 heterocycles. The third-order valence-electron chi connectivity index (χ3n) is 5.55. The van der Waals surface area contributed by atoms with Crippen molar-refractivity contribution in [2.24, 2.45) is 11.8 Å². The highest BCUT2D eigenvalue weighted by atomic mass is 16.6. The van der Waals surface area contributed by atoms with E-state index in [9.17, 15) is 9.59 Å². The van der Waals surface area contributed by atoms with Gasteiger partial charge in [0.1, 0.15) is 12.6 Å². The first-order valence-electron chi connectivity index (χ1n) is 9.44. The molecular weight excluding hydrogens is 340 g/mol. The average molecular weight is 364 g/mol. The van der Waals surface area contributed by atoms with Crippen LogP contribution in [0.15, 0.2) is 60.7 Å². The molecule has 5 heteroatoms. The Hall–Kier alpha value is -2.66. The van der Waals surface area contributed by atoms with Crippen LogP contribution in [0, 0.1) is 11.8 Å². The second-order valence-corrected chi connectivity index (χ2v) is 7.48. The number of hydrogen-bond donors (Lipinski definition) is 0. The molecule has 0 aromatic heterocycles. The number of benzene rings is 2. The van der Waals surface area contributed by atoms with Crippen molar-refractivity contribution in [1.29, 1.82) is 0 Å². The lowest BCUT2D eigenvalue weighted by Gasteiger charge is -2.24. The fraction of sp³-hybridized carbons (Fsp3) is 0.364. The topological polar surface area (TPSA) is 49.9 Å². The molecule has 0 aliphatic carbocycles. The van der Waals surface area contributed by atoms with Crippen LogP contribution in [-0.4, -0.2) is 41.5 Å². The summed E-state index contributed by atoms with van der Waals surface area (Å²) in [7, 11) is 0. The SMILES string of the molecule is C[C@H]1CN(Cc2ccccc2)C[C@@H]1C(=O)N1C(=O)OC[C@@H]1c1ccccc1.